The second-order valence-corrected chi connectivity index (χ2v) is 15.0. The van der Waals surface area contributed by atoms with Gasteiger partial charge in [0, 0.05) is 25.1 Å². The highest BCUT2D eigenvalue weighted by atomic mass is 32.2. The monoisotopic (exact) mass is 627 g/mol. The van der Waals surface area contributed by atoms with Crippen molar-refractivity contribution in [2.24, 2.45) is 5.92 Å². The molecule has 1 saturated heterocycles. The van der Waals surface area contributed by atoms with Gasteiger partial charge in [-0.15, -0.1) is 0 Å². The van der Waals surface area contributed by atoms with Crippen LogP contribution in [-0.4, -0.2) is 76.7 Å². The Labute approximate surface area is 255 Å². The number of nitrogens with zero attached hydrogens (tertiary/aromatic N) is 2. The fourth-order valence-corrected chi connectivity index (χ4v) is 8.24. The van der Waals surface area contributed by atoms with Gasteiger partial charge in [-0.05, 0) is 44.1 Å². The molecule has 5 atom stereocenters. The topological polar surface area (TPSA) is 158 Å². The number of rotatable bonds is 6. The molecule has 2 aliphatic heterocycles. The maximum absolute atomic E-state index is 14.0. The zero-order valence-corrected chi connectivity index (χ0v) is 25.4. The molecule has 0 bridgehead atoms. The Kier molecular flexibility index (Phi) is 8.31. The average molecular weight is 628 g/mol. The highest BCUT2D eigenvalue weighted by Gasteiger charge is 2.62. The molecule has 4 N–H and O–H groups in total. The summed E-state index contributed by atoms with van der Waals surface area (Å²) in [6.07, 6.45) is 9.85. The lowest BCUT2D eigenvalue weighted by molar-refractivity contribution is -0.140. The molecule has 43 heavy (non-hydrogen) atoms. The van der Waals surface area contributed by atoms with Gasteiger partial charge in [0.25, 0.3) is 5.91 Å². The summed E-state index contributed by atoms with van der Waals surface area (Å²) >= 11 is 1.44. The molecule has 2 aliphatic carbocycles. The molecule has 1 aromatic carbocycles. The standard InChI is InChI=1S/C30H37N5O6S2/c36-21-15-24-26(37)33-30(28(39)34-43(40,41)22-13-14-22)16-20(30)11-7-2-1-3-8-12-23(27(38)35(24)18-21)32-29-31-17-25(42-29)19-9-5-4-6-10-19/h4-7,9-11,17,20-24,36H,1-3,8,12-16,18H2,(H,31,32)(H,33,37)(H,34,39)/b11-7-/t20-,21+,23-,24-,30+/m0/s1. The summed E-state index contributed by atoms with van der Waals surface area (Å²) in [7, 11) is -3.81. The Hall–Kier alpha value is -3.29. The second kappa shape index (κ2) is 12.0. The summed E-state index contributed by atoms with van der Waals surface area (Å²) in [6.45, 7) is -0.0131. The molecule has 3 heterocycles. The Morgan fingerprint density at radius 3 is 2.67 bits per heavy atom. The van der Waals surface area contributed by atoms with Gasteiger partial charge in [0.15, 0.2) is 5.13 Å². The van der Waals surface area contributed by atoms with Gasteiger partial charge in [0.05, 0.1) is 16.2 Å². The van der Waals surface area contributed by atoms with Crippen molar-refractivity contribution in [2.75, 3.05) is 11.9 Å². The van der Waals surface area contributed by atoms with E-state index in [1.54, 1.807) is 6.20 Å². The maximum atomic E-state index is 14.0. The minimum absolute atomic E-state index is 0.0131. The van der Waals surface area contributed by atoms with E-state index in [-0.39, 0.29) is 31.2 Å². The Morgan fingerprint density at radius 1 is 1.12 bits per heavy atom. The third kappa shape index (κ3) is 6.48. The van der Waals surface area contributed by atoms with Gasteiger partial charge < -0.3 is 20.6 Å². The summed E-state index contributed by atoms with van der Waals surface area (Å²) in [5.74, 6) is -2.00. The van der Waals surface area contributed by atoms with Crippen LogP contribution in [0.4, 0.5) is 5.13 Å². The SMILES string of the molecule is O=C1N[C@]2(C(=O)NS(=O)(=O)C3CC3)C[C@@H]2/C=C\CCCCC[C@H](Nc2ncc(-c3ccccc3)s2)C(=O)N2C[C@H](O)C[C@@H]12. The number of benzene rings is 1. The Balaban J connectivity index is 1.23. The molecule has 2 aromatic rings. The van der Waals surface area contributed by atoms with Crippen LogP contribution in [0.1, 0.15) is 57.8 Å². The fraction of sp³-hybridized carbons (Fsp3) is 0.533. The summed E-state index contributed by atoms with van der Waals surface area (Å²) in [6, 6.07) is 8.18. The third-order valence-corrected chi connectivity index (χ3v) is 11.5. The van der Waals surface area contributed by atoms with E-state index < -0.39 is 50.8 Å². The van der Waals surface area contributed by atoms with Crippen molar-refractivity contribution in [1.29, 1.82) is 0 Å². The van der Waals surface area contributed by atoms with Gasteiger partial charge >= 0.3 is 0 Å². The quantitative estimate of drug-likeness (QED) is 0.356. The molecule has 11 nitrogen and oxygen atoms in total. The zero-order chi connectivity index (χ0) is 30.2. The Bertz CT molecular complexity index is 1510. The number of thiazole rings is 1. The van der Waals surface area contributed by atoms with Crippen LogP contribution < -0.4 is 15.4 Å². The molecular weight excluding hydrogens is 590 g/mol. The van der Waals surface area contributed by atoms with Crippen LogP contribution in [0.2, 0.25) is 0 Å². The van der Waals surface area contributed by atoms with Crippen molar-refractivity contribution < 1.29 is 27.9 Å². The largest absolute Gasteiger partial charge is 0.391 e. The minimum atomic E-state index is -3.81. The number of hydrogen-bond acceptors (Lipinski definition) is 9. The predicted molar refractivity (Wildman–Crippen MR) is 162 cm³/mol. The number of fused-ring (bicyclic) bond motifs is 2. The third-order valence-electron chi connectivity index (χ3n) is 8.72. The lowest BCUT2D eigenvalue weighted by Crippen LogP contribution is -2.57. The van der Waals surface area contributed by atoms with Crippen molar-refractivity contribution in [3.63, 3.8) is 0 Å². The molecule has 1 aromatic heterocycles. The number of amides is 3. The van der Waals surface area contributed by atoms with E-state index in [0.717, 1.165) is 36.1 Å². The predicted octanol–water partition coefficient (Wildman–Crippen LogP) is 2.56. The first-order valence-electron chi connectivity index (χ1n) is 15.0. The number of sulfonamides is 1. The van der Waals surface area contributed by atoms with Gasteiger partial charge in [-0.1, -0.05) is 66.7 Å². The molecule has 3 amide bonds. The van der Waals surface area contributed by atoms with Crippen LogP contribution in [0.5, 0.6) is 0 Å². The summed E-state index contributed by atoms with van der Waals surface area (Å²) in [5, 5.41) is 16.7. The number of aliphatic hydroxyl groups excluding tert-OH is 1. The highest BCUT2D eigenvalue weighted by Crippen LogP contribution is 2.46. The van der Waals surface area contributed by atoms with E-state index >= 15 is 0 Å². The molecule has 6 rings (SSSR count). The Morgan fingerprint density at radius 2 is 1.91 bits per heavy atom. The van der Waals surface area contributed by atoms with Gasteiger partial charge in [-0.3, -0.25) is 19.1 Å². The molecule has 4 aliphatic rings. The normalized spacial score (nSPS) is 30.7. The molecule has 2 saturated carbocycles. The maximum Gasteiger partial charge on any atom is 0.259 e. The number of carbonyl (C=O) groups excluding carboxylic acids is 3. The van der Waals surface area contributed by atoms with Crippen LogP contribution in [0.15, 0.2) is 48.7 Å². The van der Waals surface area contributed by atoms with Crippen LogP contribution in [0.3, 0.4) is 0 Å². The molecule has 0 spiro atoms. The van der Waals surface area contributed by atoms with Gasteiger partial charge in [0.1, 0.15) is 17.6 Å². The fourth-order valence-electron chi connectivity index (χ4n) is 6.00. The van der Waals surface area contributed by atoms with Crippen molar-refractivity contribution >= 4 is 44.2 Å². The zero-order valence-electron chi connectivity index (χ0n) is 23.8. The molecule has 3 fully saturated rings. The molecule has 230 valence electrons. The van der Waals surface area contributed by atoms with Crippen LogP contribution in [-0.2, 0) is 24.4 Å². The van der Waals surface area contributed by atoms with Gasteiger partial charge in [0.2, 0.25) is 21.8 Å². The number of anilines is 1. The number of hydrogen-bond donors (Lipinski definition) is 4. The minimum Gasteiger partial charge on any atom is -0.391 e. The molecule has 13 heteroatoms. The molecular formula is C30H37N5O6S2. The van der Waals surface area contributed by atoms with Gasteiger partial charge in [-0.25, -0.2) is 13.4 Å². The van der Waals surface area contributed by atoms with E-state index in [1.165, 1.54) is 16.2 Å². The lowest BCUT2D eigenvalue weighted by atomic mass is 10.1. The number of nitrogens with one attached hydrogen (secondary N) is 3. The van der Waals surface area contributed by atoms with Crippen LogP contribution in [0.25, 0.3) is 10.4 Å². The first-order chi connectivity index (χ1) is 20.7. The number of allylic oxidation sites excluding steroid dienone is 1. The number of carbonyl (C=O) groups is 3. The molecule has 0 unspecified atom stereocenters. The first kappa shape index (κ1) is 29.8. The van der Waals surface area contributed by atoms with Crippen LogP contribution in [0, 0.1) is 5.92 Å². The van der Waals surface area contributed by atoms with E-state index in [0.29, 0.717) is 24.4 Å². The van der Waals surface area contributed by atoms with Crippen molar-refractivity contribution in [3.05, 3.63) is 48.7 Å². The lowest BCUT2D eigenvalue weighted by Gasteiger charge is -2.30. The average Bonchev–Trinajstić information content (AvgIpc) is 3.87. The van der Waals surface area contributed by atoms with E-state index in [2.05, 4.69) is 20.3 Å². The first-order valence-corrected chi connectivity index (χ1v) is 17.3. The van der Waals surface area contributed by atoms with E-state index in [4.69, 9.17) is 0 Å². The van der Waals surface area contributed by atoms with E-state index in [9.17, 15) is 27.9 Å². The number of aromatic nitrogens is 1. The van der Waals surface area contributed by atoms with Crippen molar-refractivity contribution in [3.8, 4) is 10.4 Å². The van der Waals surface area contributed by atoms with Crippen molar-refractivity contribution in [1.82, 2.24) is 19.9 Å². The van der Waals surface area contributed by atoms with Gasteiger partial charge in [-0.2, -0.15) is 0 Å². The molecule has 0 radical (unpaired) electrons. The van der Waals surface area contributed by atoms with E-state index in [1.807, 2.05) is 42.5 Å². The number of aliphatic hydroxyl groups is 1. The summed E-state index contributed by atoms with van der Waals surface area (Å²) in [4.78, 5) is 47.9. The summed E-state index contributed by atoms with van der Waals surface area (Å²) in [5.41, 5.74) is -0.389. The second-order valence-electron chi connectivity index (χ2n) is 12.0. The van der Waals surface area contributed by atoms with Crippen molar-refractivity contribution in [2.45, 2.75) is 86.8 Å². The summed E-state index contributed by atoms with van der Waals surface area (Å²) < 4.78 is 27.3. The van der Waals surface area contributed by atoms with Crippen LogP contribution >= 0.6 is 11.3 Å². The highest BCUT2D eigenvalue weighted by molar-refractivity contribution is 7.91. The smallest absolute Gasteiger partial charge is 0.259 e.